The van der Waals surface area contributed by atoms with Crippen LogP contribution in [0, 0.1) is 0 Å². The number of benzene rings is 1. The molecule has 1 aromatic carbocycles. The summed E-state index contributed by atoms with van der Waals surface area (Å²) in [5.41, 5.74) is 7.04. The number of nitrogens with zero attached hydrogens (tertiary/aromatic N) is 1. The van der Waals surface area contributed by atoms with Crippen LogP contribution in [0.1, 0.15) is 17.3 Å². The molecule has 0 saturated carbocycles. The average Bonchev–Trinajstić information content (AvgIpc) is 2.39. The van der Waals surface area contributed by atoms with Crippen LogP contribution in [0.2, 0.25) is 5.02 Å². The number of methoxy groups -OCH3 is 1. The van der Waals surface area contributed by atoms with E-state index >= 15 is 0 Å². The molecule has 0 fully saturated rings. The highest BCUT2D eigenvalue weighted by atomic mass is 35.5. The van der Waals surface area contributed by atoms with Crippen molar-refractivity contribution in [1.29, 1.82) is 0 Å². The number of anilines is 2. The van der Waals surface area contributed by atoms with Gasteiger partial charge >= 0.3 is 5.97 Å². The molecule has 0 spiro atoms. The van der Waals surface area contributed by atoms with Crippen molar-refractivity contribution in [3.8, 4) is 0 Å². The second kappa shape index (κ2) is 7.21. The molecule has 106 valence electrons. The molecule has 6 heteroatoms. The Morgan fingerprint density at radius 2 is 2.21 bits per heavy atom. The Bertz CT molecular complexity index is 452. The van der Waals surface area contributed by atoms with E-state index in [9.17, 15) is 4.79 Å². The number of hydrogen-bond acceptors (Lipinski definition) is 5. The van der Waals surface area contributed by atoms with Crippen molar-refractivity contribution in [2.75, 3.05) is 44.8 Å². The van der Waals surface area contributed by atoms with Crippen molar-refractivity contribution < 1.29 is 9.53 Å². The van der Waals surface area contributed by atoms with Crippen LogP contribution >= 0.6 is 11.6 Å². The molecule has 0 aliphatic heterocycles. The van der Waals surface area contributed by atoms with Gasteiger partial charge in [-0.05, 0) is 25.7 Å². The highest BCUT2D eigenvalue weighted by Gasteiger charge is 2.16. The highest BCUT2D eigenvalue weighted by Crippen LogP contribution is 2.29. The van der Waals surface area contributed by atoms with E-state index in [1.807, 2.05) is 7.05 Å². The van der Waals surface area contributed by atoms with Crippen molar-refractivity contribution in [2.24, 2.45) is 0 Å². The van der Waals surface area contributed by atoms with E-state index in [-0.39, 0.29) is 0 Å². The molecule has 0 aromatic heterocycles. The lowest BCUT2D eigenvalue weighted by atomic mass is 10.1. The quantitative estimate of drug-likeness (QED) is 0.619. The van der Waals surface area contributed by atoms with Gasteiger partial charge in [0.05, 0.1) is 23.4 Å². The Kier molecular flexibility index (Phi) is 5.92. The maximum atomic E-state index is 11.7. The molecular weight excluding hydrogens is 266 g/mol. The fraction of sp³-hybridized carbons (Fsp3) is 0.462. The molecule has 0 radical (unpaired) electrons. The number of ether oxygens (including phenoxy) is 1. The molecule has 0 amide bonds. The van der Waals surface area contributed by atoms with Gasteiger partial charge in [0.15, 0.2) is 0 Å². The Morgan fingerprint density at radius 1 is 1.53 bits per heavy atom. The first kappa shape index (κ1) is 15.6. The average molecular weight is 286 g/mol. The summed E-state index contributed by atoms with van der Waals surface area (Å²) < 4.78 is 4.73. The Morgan fingerprint density at radius 3 is 2.79 bits per heavy atom. The van der Waals surface area contributed by atoms with E-state index < -0.39 is 5.97 Å². The number of nitrogens with two attached hydrogens (primary N) is 1. The summed E-state index contributed by atoms with van der Waals surface area (Å²) in [5, 5.41) is 3.58. The van der Waals surface area contributed by atoms with E-state index in [0.29, 0.717) is 28.5 Å². The lowest BCUT2D eigenvalue weighted by molar-refractivity contribution is 0.0602. The number of carbonyl (C=O) groups is 1. The zero-order chi connectivity index (χ0) is 14.4. The standard InChI is InChI=1S/C13H20ClN3O2/c1-4-17(2)6-5-16-12-10(13(18)19-3)7-9(15)8-11(12)14/h7-8,16H,4-6,15H2,1-3H3. The van der Waals surface area contributed by atoms with Gasteiger partial charge in [-0.15, -0.1) is 0 Å². The van der Waals surface area contributed by atoms with Crippen LogP contribution in [-0.2, 0) is 4.74 Å². The first-order chi connectivity index (χ1) is 8.99. The summed E-state index contributed by atoms with van der Waals surface area (Å²) in [6.07, 6.45) is 0. The predicted molar refractivity (Wildman–Crippen MR) is 78.9 cm³/mol. The van der Waals surface area contributed by atoms with E-state index in [1.165, 1.54) is 7.11 Å². The van der Waals surface area contributed by atoms with Gasteiger partial charge in [-0.25, -0.2) is 4.79 Å². The largest absolute Gasteiger partial charge is 0.465 e. The van der Waals surface area contributed by atoms with Crippen LogP contribution in [0.5, 0.6) is 0 Å². The van der Waals surface area contributed by atoms with Crippen molar-refractivity contribution in [3.05, 3.63) is 22.7 Å². The number of hydrogen-bond donors (Lipinski definition) is 2. The second-order valence-electron chi connectivity index (χ2n) is 4.24. The van der Waals surface area contributed by atoms with Gasteiger partial charge in [0.1, 0.15) is 0 Å². The van der Waals surface area contributed by atoms with Gasteiger partial charge < -0.3 is 20.7 Å². The Labute approximate surface area is 118 Å². The molecule has 1 rings (SSSR count). The SMILES string of the molecule is CCN(C)CCNc1c(Cl)cc(N)cc1C(=O)OC. The van der Waals surface area contributed by atoms with Crippen molar-refractivity contribution in [3.63, 3.8) is 0 Å². The van der Waals surface area contributed by atoms with E-state index in [2.05, 4.69) is 17.1 Å². The molecular formula is C13H20ClN3O2. The first-order valence-electron chi connectivity index (χ1n) is 6.09. The smallest absolute Gasteiger partial charge is 0.340 e. The third-order valence-electron chi connectivity index (χ3n) is 2.85. The normalized spacial score (nSPS) is 10.6. The number of rotatable bonds is 6. The summed E-state index contributed by atoms with van der Waals surface area (Å²) in [5.74, 6) is -0.458. The maximum absolute atomic E-state index is 11.7. The van der Waals surface area contributed by atoms with Gasteiger partial charge in [0, 0.05) is 18.8 Å². The molecule has 0 atom stereocenters. The molecule has 0 unspecified atom stereocenters. The summed E-state index contributed by atoms with van der Waals surface area (Å²) in [6, 6.07) is 3.17. The highest BCUT2D eigenvalue weighted by molar-refractivity contribution is 6.34. The number of nitrogen functional groups attached to an aromatic ring is 1. The first-order valence-corrected chi connectivity index (χ1v) is 6.47. The summed E-state index contributed by atoms with van der Waals surface area (Å²) in [4.78, 5) is 13.9. The molecule has 0 bridgehead atoms. The molecule has 0 aliphatic rings. The van der Waals surface area contributed by atoms with Crippen molar-refractivity contribution in [1.82, 2.24) is 4.90 Å². The summed E-state index contributed by atoms with van der Waals surface area (Å²) in [6.45, 7) is 4.56. The topological polar surface area (TPSA) is 67.6 Å². The third kappa shape index (κ3) is 4.29. The van der Waals surface area contributed by atoms with Crippen molar-refractivity contribution >= 4 is 28.9 Å². The number of nitrogens with one attached hydrogen (secondary N) is 1. The summed E-state index contributed by atoms with van der Waals surface area (Å²) in [7, 11) is 3.35. The van der Waals surface area contributed by atoms with Crippen LogP contribution in [-0.4, -0.2) is 44.7 Å². The number of halogens is 1. The molecule has 0 heterocycles. The Hall–Kier alpha value is -1.46. The van der Waals surface area contributed by atoms with Gasteiger partial charge in [0.25, 0.3) is 0 Å². The molecule has 0 aliphatic carbocycles. The monoisotopic (exact) mass is 285 g/mol. The van der Waals surface area contributed by atoms with Gasteiger partial charge in [-0.2, -0.15) is 0 Å². The number of carbonyl (C=O) groups excluding carboxylic acids is 1. The van der Waals surface area contributed by atoms with Gasteiger partial charge in [-0.1, -0.05) is 18.5 Å². The number of esters is 1. The van der Waals surface area contributed by atoms with Crippen LogP contribution in [0.4, 0.5) is 11.4 Å². The van der Waals surface area contributed by atoms with Crippen LogP contribution in [0.3, 0.4) is 0 Å². The minimum Gasteiger partial charge on any atom is -0.465 e. The lowest BCUT2D eigenvalue weighted by Gasteiger charge is -2.17. The molecule has 1 aromatic rings. The molecule has 0 saturated heterocycles. The van der Waals surface area contributed by atoms with Crippen LogP contribution in [0.15, 0.2) is 12.1 Å². The van der Waals surface area contributed by atoms with E-state index in [4.69, 9.17) is 22.1 Å². The lowest BCUT2D eigenvalue weighted by Crippen LogP contribution is -2.25. The van der Waals surface area contributed by atoms with Gasteiger partial charge in [-0.3, -0.25) is 0 Å². The molecule has 19 heavy (non-hydrogen) atoms. The fourth-order valence-electron chi connectivity index (χ4n) is 1.61. The molecule has 5 nitrogen and oxygen atoms in total. The fourth-order valence-corrected chi connectivity index (χ4v) is 1.90. The third-order valence-corrected chi connectivity index (χ3v) is 3.15. The van der Waals surface area contributed by atoms with Crippen LogP contribution in [0.25, 0.3) is 0 Å². The zero-order valence-corrected chi connectivity index (χ0v) is 12.3. The van der Waals surface area contributed by atoms with Gasteiger partial charge in [0.2, 0.25) is 0 Å². The minimum absolute atomic E-state index is 0.353. The maximum Gasteiger partial charge on any atom is 0.340 e. The van der Waals surface area contributed by atoms with E-state index in [1.54, 1.807) is 12.1 Å². The van der Waals surface area contributed by atoms with Crippen molar-refractivity contribution in [2.45, 2.75) is 6.92 Å². The number of likely N-dealkylation sites (N-methyl/N-ethyl adjacent to an activating group) is 1. The Balaban J connectivity index is 2.89. The minimum atomic E-state index is -0.458. The zero-order valence-electron chi connectivity index (χ0n) is 11.5. The predicted octanol–water partition coefficient (Wildman–Crippen LogP) is 2.07. The summed E-state index contributed by atoms with van der Waals surface area (Å²) >= 11 is 6.12. The van der Waals surface area contributed by atoms with E-state index in [0.717, 1.165) is 13.1 Å². The van der Waals surface area contributed by atoms with Crippen LogP contribution < -0.4 is 11.1 Å². The second-order valence-corrected chi connectivity index (χ2v) is 4.65. The molecule has 3 N–H and O–H groups in total.